The van der Waals surface area contributed by atoms with E-state index in [1.54, 1.807) is 0 Å². The SMILES string of the molecule is CCC1(Cl)C(Cl)(Cl)C1(Cl)CC. The molecule has 0 aromatic carbocycles. The molecule has 4 heteroatoms. The summed E-state index contributed by atoms with van der Waals surface area (Å²) in [5, 5.41) is 0. The summed E-state index contributed by atoms with van der Waals surface area (Å²) in [6, 6.07) is 0. The van der Waals surface area contributed by atoms with Crippen molar-refractivity contribution in [3.8, 4) is 0 Å². The van der Waals surface area contributed by atoms with Crippen molar-refractivity contribution in [2.45, 2.75) is 40.8 Å². The van der Waals surface area contributed by atoms with Gasteiger partial charge >= 0.3 is 0 Å². The zero-order chi connectivity index (χ0) is 8.91. The highest BCUT2D eigenvalue weighted by Crippen LogP contribution is 2.75. The third kappa shape index (κ3) is 0.905. The first-order chi connectivity index (χ1) is 4.87. The smallest absolute Gasteiger partial charge is 0.114 e. The van der Waals surface area contributed by atoms with Crippen molar-refractivity contribution < 1.29 is 0 Å². The number of alkyl halides is 4. The summed E-state index contributed by atoms with van der Waals surface area (Å²) in [5.41, 5.74) is 0. The molecule has 0 heterocycles. The molecule has 66 valence electrons. The molecule has 0 N–H and O–H groups in total. The van der Waals surface area contributed by atoms with Gasteiger partial charge in [0.25, 0.3) is 0 Å². The summed E-state index contributed by atoms with van der Waals surface area (Å²) in [6.07, 6.45) is 1.39. The van der Waals surface area contributed by atoms with Crippen LogP contribution in [-0.4, -0.2) is 14.1 Å². The van der Waals surface area contributed by atoms with Gasteiger partial charge < -0.3 is 0 Å². The van der Waals surface area contributed by atoms with Crippen molar-refractivity contribution in [2.75, 3.05) is 0 Å². The van der Waals surface area contributed by atoms with Gasteiger partial charge in [0.2, 0.25) is 0 Å². The van der Waals surface area contributed by atoms with Crippen LogP contribution in [0.1, 0.15) is 26.7 Å². The molecule has 1 fully saturated rings. The Morgan fingerprint density at radius 2 is 1.09 bits per heavy atom. The van der Waals surface area contributed by atoms with Gasteiger partial charge in [0, 0.05) is 0 Å². The van der Waals surface area contributed by atoms with Crippen LogP contribution < -0.4 is 0 Å². The van der Waals surface area contributed by atoms with E-state index in [0.717, 1.165) is 0 Å². The summed E-state index contributed by atoms with van der Waals surface area (Å²) in [5.74, 6) is 0. The molecule has 1 aliphatic rings. The molecule has 1 saturated carbocycles. The fourth-order valence-electron chi connectivity index (χ4n) is 1.54. The molecule has 2 unspecified atom stereocenters. The summed E-state index contributed by atoms with van der Waals surface area (Å²) in [6.45, 7) is 3.87. The number of halogens is 4. The minimum absolute atomic E-state index is 0.639. The van der Waals surface area contributed by atoms with E-state index >= 15 is 0 Å². The number of hydrogen-bond acceptors (Lipinski definition) is 0. The van der Waals surface area contributed by atoms with Crippen LogP contribution in [0.2, 0.25) is 0 Å². The molecule has 0 radical (unpaired) electrons. The van der Waals surface area contributed by atoms with E-state index in [9.17, 15) is 0 Å². The first-order valence-corrected chi connectivity index (χ1v) is 5.14. The Hall–Kier alpha value is 1.16. The fourth-order valence-corrected chi connectivity index (χ4v) is 3.65. The lowest BCUT2D eigenvalue weighted by Crippen LogP contribution is -2.11. The van der Waals surface area contributed by atoms with Gasteiger partial charge in [-0.2, -0.15) is 0 Å². The number of rotatable bonds is 2. The Bertz CT molecular complexity index is 161. The topological polar surface area (TPSA) is 0 Å². The van der Waals surface area contributed by atoms with Crippen LogP contribution in [-0.2, 0) is 0 Å². The first kappa shape index (κ1) is 10.2. The summed E-state index contributed by atoms with van der Waals surface area (Å²) in [7, 11) is 0. The summed E-state index contributed by atoms with van der Waals surface area (Å²) in [4.78, 5) is -1.28. The lowest BCUT2D eigenvalue weighted by molar-refractivity contribution is 0.720. The van der Waals surface area contributed by atoms with Gasteiger partial charge in [0.05, 0.1) is 0 Å². The van der Waals surface area contributed by atoms with E-state index in [2.05, 4.69) is 0 Å². The Balaban J connectivity index is 2.91. The molecule has 0 amide bonds. The van der Waals surface area contributed by atoms with Crippen molar-refractivity contribution in [1.82, 2.24) is 0 Å². The molecular weight excluding hydrogens is 226 g/mol. The zero-order valence-electron chi connectivity index (χ0n) is 6.43. The van der Waals surface area contributed by atoms with Gasteiger partial charge in [-0.25, -0.2) is 0 Å². The second kappa shape index (κ2) is 2.57. The van der Waals surface area contributed by atoms with Crippen molar-refractivity contribution in [1.29, 1.82) is 0 Å². The summed E-state index contributed by atoms with van der Waals surface area (Å²) >= 11 is 24.2. The van der Waals surface area contributed by atoms with E-state index in [0.29, 0.717) is 12.8 Å². The minimum Gasteiger partial charge on any atom is -0.114 e. The van der Waals surface area contributed by atoms with Crippen LogP contribution in [0.5, 0.6) is 0 Å². The zero-order valence-corrected chi connectivity index (χ0v) is 9.45. The van der Waals surface area contributed by atoms with Crippen LogP contribution in [0.4, 0.5) is 0 Å². The van der Waals surface area contributed by atoms with Gasteiger partial charge in [-0.1, -0.05) is 37.0 Å². The van der Waals surface area contributed by atoms with Crippen molar-refractivity contribution in [3.63, 3.8) is 0 Å². The standard InChI is InChI=1S/C7H10Cl4/c1-3-5(8)6(9,4-2)7(5,10)11/h3-4H2,1-2H3. The van der Waals surface area contributed by atoms with Gasteiger partial charge in [-0.05, 0) is 12.8 Å². The Kier molecular flexibility index (Phi) is 2.40. The van der Waals surface area contributed by atoms with Gasteiger partial charge in [-0.15, -0.1) is 23.2 Å². The predicted octanol–water partition coefficient (Wildman–Crippen LogP) is 3.95. The highest BCUT2D eigenvalue weighted by Gasteiger charge is 2.84. The van der Waals surface area contributed by atoms with Crippen molar-refractivity contribution in [2.24, 2.45) is 0 Å². The Labute approximate surface area is 87.1 Å². The van der Waals surface area contributed by atoms with E-state index in [1.165, 1.54) is 0 Å². The lowest BCUT2D eigenvalue weighted by Gasteiger charge is -2.06. The third-order valence-corrected chi connectivity index (χ3v) is 6.06. The van der Waals surface area contributed by atoms with Crippen LogP contribution in [0, 0.1) is 0 Å². The van der Waals surface area contributed by atoms with Crippen LogP contribution >= 0.6 is 46.4 Å². The highest BCUT2D eigenvalue weighted by molar-refractivity contribution is 6.66. The maximum absolute atomic E-state index is 6.13. The molecule has 0 aliphatic heterocycles. The molecule has 0 aromatic rings. The maximum atomic E-state index is 6.13. The maximum Gasteiger partial charge on any atom is 0.159 e. The molecule has 1 aliphatic carbocycles. The highest BCUT2D eigenvalue weighted by atomic mass is 35.5. The lowest BCUT2D eigenvalue weighted by atomic mass is 10.2. The largest absolute Gasteiger partial charge is 0.159 e. The second-order valence-electron chi connectivity index (χ2n) is 2.88. The molecule has 0 aromatic heterocycles. The quantitative estimate of drug-likeness (QED) is 0.636. The van der Waals surface area contributed by atoms with E-state index in [1.807, 2.05) is 13.8 Å². The van der Waals surface area contributed by atoms with Crippen molar-refractivity contribution >= 4 is 46.4 Å². The molecular formula is C7H10Cl4. The third-order valence-electron chi connectivity index (χ3n) is 2.54. The average molecular weight is 236 g/mol. The van der Waals surface area contributed by atoms with Crippen LogP contribution in [0.15, 0.2) is 0 Å². The minimum atomic E-state index is -0.966. The van der Waals surface area contributed by atoms with Gasteiger partial charge in [-0.3, -0.25) is 0 Å². The molecule has 0 saturated heterocycles. The molecule has 0 nitrogen and oxygen atoms in total. The molecule has 2 atom stereocenters. The van der Waals surface area contributed by atoms with Crippen LogP contribution in [0.25, 0.3) is 0 Å². The van der Waals surface area contributed by atoms with Crippen LogP contribution in [0.3, 0.4) is 0 Å². The van der Waals surface area contributed by atoms with Gasteiger partial charge in [0.1, 0.15) is 9.75 Å². The predicted molar refractivity (Wildman–Crippen MR) is 52.2 cm³/mol. The fraction of sp³-hybridized carbons (Fsp3) is 1.00. The Morgan fingerprint density at radius 3 is 1.18 bits per heavy atom. The Morgan fingerprint density at radius 1 is 0.818 bits per heavy atom. The van der Waals surface area contributed by atoms with Gasteiger partial charge in [0.15, 0.2) is 4.33 Å². The first-order valence-electron chi connectivity index (χ1n) is 3.63. The van der Waals surface area contributed by atoms with E-state index in [4.69, 9.17) is 46.4 Å². The average Bonchev–Trinajstić information content (AvgIpc) is 2.32. The molecule has 1 rings (SSSR count). The molecule has 11 heavy (non-hydrogen) atoms. The van der Waals surface area contributed by atoms with E-state index < -0.39 is 14.1 Å². The van der Waals surface area contributed by atoms with E-state index in [-0.39, 0.29) is 0 Å². The normalized spacial score (nSPS) is 47.5. The monoisotopic (exact) mass is 234 g/mol. The number of hydrogen-bond donors (Lipinski definition) is 0. The molecule has 0 bridgehead atoms. The molecule has 0 spiro atoms. The second-order valence-corrected chi connectivity index (χ2v) is 5.50. The summed E-state index contributed by atoms with van der Waals surface area (Å²) < 4.78 is -0.966. The van der Waals surface area contributed by atoms with Crippen molar-refractivity contribution in [3.05, 3.63) is 0 Å².